The van der Waals surface area contributed by atoms with E-state index < -0.39 is 31.4 Å². The number of esters is 1. The van der Waals surface area contributed by atoms with E-state index >= 15 is 0 Å². The van der Waals surface area contributed by atoms with Gasteiger partial charge in [-0.1, -0.05) is 13.3 Å². The van der Waals surface area contributed by atoms with Gasteiger partial charge in [0.25, 0.3) is 0 Å². The SMILES string of the molecule is CCCC(O)C1CC(P(=O)(OCC)OCC)C(=O)O1. The number of hydrogen-bond acceptors (Lipinski definition) is 6. The molecule has 1 rings (SSSR count). The van der Waals surface area contributed by atoms with Crippen molar-refractivity contribution in [2.24, 2.45) is 0 Å². The third-order valence-electron chi connectivity index (χ3n) is 3.01. The van der Waals surface area contributed by atoms with Crippen molar-refractivity contribution in [3.8, 4) is 0 Å². The molecule has 1 fully saturated rings. The summed E-state index contributed by atoms with van der Waals surface area (Å²) in [5, 5.41) is 9.86. The Morgan fingerprint density at radius 1 is 1.37 bits per heavy atom. The summed E-state index contributed by atoms with van der Waals surface area (Å²) in [6.07, 6.45) is 0.159. The summed E-state index contributed by atoms with van der Waals surface area (Å²) >= 11 is 0. The predicted molar refractivity (Wildman–Crippen MR) is 70.1 cm³/mol. The van der Waals surface area contributed by atoms with Gasteiger partial charge < -0.3 is 18.9 Å². The molecule has 0 aromatic heterocycles. The third-order valence-corrected chi connectivity index (χ3v) is 5.43. The van der Waals surface area contributed by atoms with Crippen molar-refractivity contribution in [3.63, 3.8) is 0 Å². The standard InChI is InChI=1S/C12H23O6P/c1-4-7-9(13)10-8-11(12(14)18-10)19(15,16-5-2)17-6-3/h9-11,13H,4-8H2,1-3H3. The molecule has 0 saturated carbocycles. The zero-order valence-electron chi connectivity index (χ0n) is 11.7. The fourth-order valence-electron chi connectivity index (χ4n) is 2.14. The highest BCUT2D eigenvalue weighted by Gasteiger charge is 2.50. The number of aliphatic hydroxyl groups is 1. The number of aliphatic hydroxyl groups excluding tert-OH is 1. The Bertz CT molecular complexity index is 335. The molecule has 6 nitrogen and oxygen atoms in total. The molecule has 0 aliphatic carbocycles. The summed E-state index contributed by atoms with van der Waals surface area (Å²) in [5.41, 5.74) is -0.927. The molecule has 0 aromatic carbocycles. The van der Waals surface area contributed by atoms with Crippen molar-refractivity contribution in [2.75, 3.05) is 13.2 Å². The summed E-state index contributed by atoms with van der Waals surface area (Å²) in [5.74, 6) is -0.606. The van der Waals surface area contributed by atoms with Gasteiger partial charge in [0, 0.05) is 6.42 Å². The molecule has 0 aromatic rings. The van der Waals surface area contributed by atoms with Crippen molar-refractivity contribution < 1.29 is 28.3 Å². The number of ether oxygens (including phenoxy) is 1. The van der Waals surface area contributed by atoms with Crippen LogP contribution >= 0.6 is 7.60 Å². The summed E-state index contributed by atoms with van der Waals surface area (Å²) in [6, 6.07) is 0. The van der Waals surface area contributed by atoms with Gasteiger partial charge in [-0.05, 0) is 20.3 Å². The van der Waals surface area contributed by atoms with Gasteiger partial charge in [0.15, 0.2) is 5.66 Å². The van der Waals surface area contributed by atoms with Gasteiger partial charge in [-0.2, -0.15) is 0 Å². The van der Waals surface area contributed by atoms with Gasteiger partial charge in [-0.25, -0.2) is 0 Å². The van der Waals surface area contributed by atoms with E-state index in [1.54, 1.807) is 13.8 Å². The lowest BCUT2D eigenvalue weighted by Crippen LogP contribution is -2.25. The maximum atomic E-state index is 12.5. The number of rotatable bonds is 8. The zero-order valence-corrected chi connectivity index (χ0v) is 12.6. The molecular formula is C12H23O6P. The lowest BCUT2D eigenvalue weighted by Gasteiger charge is -2.20. The quantitative estimate of drug-likeness (QED) is 0.545. The van der Waals surface area contributed by atoms with E-state index in [-0.39, 0.29) is 19.6 Å². The first-order valence-corrected chi connectivity index (χ1v) is 8.37. The molecule has 0 spiro atoms. The van der Waals surface area contributed by atoms with E-state index in [1.807, 2.05) is 6.92 Å². The van der Waals surface area contributed by atoms with Crippen LogP contribution < -0.4 is 0 Å². The largest absolute Gasteiger partial charge is 0.459 e. The minimum Gasteiger partial charge on any atom is -0.459 e. The summed E-state index contributed by atoms with van der Waals surface area (Å²) in [4.78, 5) is 11.8. The first-order valence-electron chi connectivity index (χ1n) is 6.75. The van der Waals surface area contributed by atoms with Crippen LogP contribution in [0.15, 0.2) is 0 Å². The lowest BCUT2D eigenvalue weighted by molar-refractivity contribution is -0.145. The van der Waals surface area contributed by atoms with E-state index in [4.69, 9.17) is 13.8 Å². The smallest absolute Gasteiger partial charge is 0.345 e. The molecule has 112 valence electrons. The number of carbonyl (C=O) groups is 1. The molecule has 1 aliphatic rings. The molecule has 1 saturated heterocycles. The van der Waals surface area contributed by atoms with Gasteiger partial charge in [0.2, 0.25) is 0 Å². The number of hydrogen-bond donors (Lipinski definition) is 1. The monoisotopic (exact) mass is 294 g/mol. The van der Waals surface area contributed by atoms with E-state index in [1.165, 1.54) is 0 Å². The topological polar surface area (TPSA) is 82.1 Å². The average Bonchev–Trinajstić information content (AvgIpc) is 2.73. The van der Waals surface area contributed by atoms with Crippen molar-refractivity contribution in [1.82, 2.24) is 0 Å². The van der Waals surface area contributed by atoms with Gasteiger partial charge in [-0.3, -0.25) is 9.36 Å². The number of cyclic esters (lactones) is 1. The van der Waals surface area contributed by atoms with Crippen molar-refractivity contribution >= 4 is 13.6 Å². The van der Waals surface area contributed by atoms with Crippen LogP contribution in [-0.2, 0) is 23.1 Å². The Balaban J connectivity index is 2.77. The second kappa shape index (κ2) is 7.39. The normalized spacial score (nSPS) is 25.4. The second-order valence-corrected chi connectivity index (χ2v) is 6.68. The van der Waals surface area contributed by atoms with Crippen LogP contribution in [0.3, 0.4) is 0 Å². The van der Waals surface area contributed by atoms with Crippen LogP contribution in [0.4, 0.5) is 0 Å². The summed E-state index contributed by atoms with van der Waals surface area (Å²) in [7, 11) is -3.50. The van der Waals surface area contributed by atoms with Crippen LogP contribution in [0.1, 0.15) is 40.0 Å². The number of carbonyl (C=O) groups excluding carboxylic acids is 1. The highest BCUT2D eigenvalue weighted by molar-refractivity contribution is 7.55. The molecule has 1 N–H and O–H groups in total. The molecule has 0 radical (unpaired) electrons. The van der Waals surface area contributed by atoms with Crippen LogP contribution in [0.2, 0.25) is 0 Å². The van der Waals surface area contributed by atoms with Crippen LogP contribution in [0.25, 0.3) is 0 Å². The minimum absolute atomic E-state index is 0.178. The van der Waals surface area contributed by atoms with Crippen LogP contribution in [-0.4, -0.2) is 42.2 Å². The zero-order chi connectivity index (χ0) is 14.5. The van der Waals surface area contributed by atoms with E-state index in [2.05, 4.69) is 0 Å². The molecule has 1 heterocycles. The molecule has 19 heavy (non-hydrogen) atoms. The van der Waals surface area contributed by atoms with Gasteiger partial charge in [0.1, 0.15) is 6.10 Å². The second-order valence-electron chi connectivity index (χ2n) is 4.46. The summed E-state index contributed by atoms with van der Waals surface area (Å²) < 4.78 is 28.0. The van der Waals surface area contributed by atoms with Crippen LogP contribution in [0, 0.1) is 0 Å². The fourth-order valence-corrected chi connectivity index (χ4v) is 4.08. The van der Waals surface area contributed by atoms with E-state index in [0.29, 0.717) is 6.42 Å². The maximum Gasteiger partial charge on any atom is 0.345 e. The van der Waals surface area contributed by atoms with E-state index in [9.17, 15) is 14.5 Å². The third kappa shape index (κ3) is 4.02. The van der Waals surface area contributed by atoms with Gasteiger partial charge >= 0.3 is 13.6 Å². The van der Waals surface area contributed by atoms with Crippen molar-refractivity contribution in [1.29, 1.82) is 0 Å². The predicted octanol–water partition coefficient (Wildman–Crippen LogP) is 2.10. The van der Waals surface area contributed by atoms with Crippen molar-refractivity contribution in [2.45, 2.75) is 57.9 Å². The first-order chi connectivity index (χ1) is 8.98. The maximum absolute atomic E-state index is 12.5. The van der Waals surface area contributed by atoms with E-state index in [0.717, 1.165) is 6.42 Å². The van der Waals surface area contributed by atoms with Gasteiger partial charge in [0.05, 0.1) is 19.3 Å². The van der Waals surface area contributed by atoms with Crippen molar-refractivity contribution in [3.05, 3.63) is 0 Å². The minimum atomic E-state index is -3.50. The molecular weight excluding hydrogens is 271 g/mol. The Morgan fingerprint density at radius 3 is 2.42 bits per heavy atom. The molecule has 3 unspecified atom stereocenters. The lowest BCUT2D eigenvalue weighted by atomic mass is 10.1. The Labute approximate surface area is 114 Å². The average molecular weight is 294 g/mol. The Kier molecular flexibility index (Phi) is 6.47. The van der Waals surface area contributed by atoms with Gasteiger partial charge in [-0.15, -0.1) is 0 Å². The molecule has 3 atom stereocenters. The molecule has 0 bridgehead atoms. The molecule has 0 amide bonds. The highest BCUT2D eigenvalue weighted by atomic mass is 31.2. The first kappa shape index (κ1) is 16.6. The molecule has 1 aliphatic heterocycles. The highest BCUT2D eigenvalue weighted by Crippen LogP contribution is 2.57. The fraction of sp³-hybridized carbons (Fsp3) is 0.917. The summed E-state index contributed by atoms with van der Waals surface area (Å²) in [6.45, 7) is 5.71. The van der Waals surface area contributed by atoms with Crippen LogP contribution in [0.5, 0.6) is 0 Å². The Morgan fingerprint density at radius 2 is 1.95 bits per heavy atom. The Hall–Kier alpha value is -0.420. The molecule has 7 heteroatoms.